The number of carbonyl (C=O) groups is 2. The van der Waals surface area contributed by atoms with Gasteiger partial charge in [-0.2, -0.15) is 13.2 Å². The summed E-state index contributed by atoms with van der Waals surface area (Å²) in [6.45, 7) is 1.36. The number of nitrogens with zero attached hydrogens (tertiary/aromatic N) is 1. The molecular formula is C19H17F4N3O2. The molecule has 3 N–H and O–H groups in total. The van der Waals surface area contributed by atoms with Crippen LogP contribution >= 0.6 is 0 Å². The number of anilines is 1. The van der Waals surface area contributed by atoms with Crippen LogP contribution in [-0.4, -0.2) is 11.8 Å². The van der Waals surface area contributed by atoms with Gasteiger partial charge in [0.1, 0.15) is 5.82 Å². The lowest BCUT2D eigenvalue weighted by molar-refractivity contribution is -0.138. The molecule has 0 radical (unpaired) electrons. The lowest BCUT2D eigenvalue weighted by Gasteiger charge is -2.19. The minimum atomic E-state index is -4.60. The zero-order valence-electron chi connectivity index (χ0n) is 14.8. The van der Waals surface area contributed by atoms with Gasteiger partial charge in [-0.05, 0) is 47.4 Å². The van der Waals surface area contributed by atoms with Crippen molar-refractivity contribution in [3.8, 4) is 0 Å². The Morgan fingerprint density at radius 2 is 2.00 bits per heavy atom. The van der Waals surface area contributed by atoms with Crippen molar-refractivity contribution in [2.24, 2.45) is 5.84 Å². The van der Waals surface area contributed by atoms with Crippen LogP contribution in [0.3, 0.4) is 0 Å². The van der Waals surface area contributed by atoms with Crippen LogP contribution in [0.5, 0.6) is 0 Å². The SMILES string of the molecule is CC(CC(=O)NN)c1cc(F)cc(N2Cc3c(cccc3C(F)(F)F)C2=O)c1. The Morgan fingerprint density at radius 1 is 1.29 bits per heavy atom. The Kier molecular flexibility index (Phi) is 5.12. The van der Waals surface area contributed by atoms with Gasteiger partial charge in [-0.3, -0.25) is 15.0 Å². The highest BCUT2D eigenvalue weighted by atomic mass is 19.4. The van der Waals surface area contributed by atoms with Crippen molar-refractivity contribution in [3.63, 3.8) is 0 Å². The average Bonchev–Trinajstić information content (AvgIpc) is 2.97. The Morgan fingerprint density at radius 3 is 2.64 bits per heavy atom. The van der Waals surface area contributed by atoms with E-state index in [9.17, 15) is 27.2 Å². The molecule has 0 spiro atoms. The van der Waals surface area contributed by atoms with Crippen molar-refractivity contribution in [2.75, 3.05) is 4.90 Å². The standard InChI is InChI=1S/C19H17F4N3O2/c1-10(5-17(27)25-24)11-6-12(20)8-13(7-11)26-9-15-14(18(26)28)3-2-4-16(15)19(21,22)23/h2-4,6-8,10H,5,9,24H2,1H3,(H,25,27). The zero-order chi connectivity index (χ0) is 20.6. The molecule has 1 heterocycles. The van der Waals surface area contributed by atoms with Crippen LogP contribution in [0, 0.1) is 5.82 Å². The number of hydrazine groups is 1. The minimum absolute atomic E-state index is 0.00815. The maximum absolute atomic E-state index is 14.1. The van der Waals surface area contributed by atoms with Gasteiger partial charge in [-0.1, -0.05) is 13.0 Å². The van der Waals surface area contributed by atoms with E-state index in [1.54, 1.807) is 6.92 Å². The minimum Gasteiger partial charge on any atom is -0.304 e. The summed E-state index contributed by atoms with van der Waals surface area (Å²) in [5.74, 6) is 2.90. The summed E-state index contributed by atoms with van der Waals surface area (Å²) in [5, 5.41) is 0. The highest BCUT2D eigenvalue weighted by molar-refractivity contribution is 6.10. The number of alkyl halides is 3. The molecule has 0 saturated heterocycles. The Balaban J connectivity index is 1.97. The van der Waals surface area contributed by atoms with Crippen LogP contribution in [0.25, 0.3) is 0 Å². The number of benzene rings is 2. The molecule has 2 amide bonds. The maximum atomic E-state index is 14.1. The highest BCUT2D eigenvalue weighted by Gasteiger charge is 2.39. The zero-order valence-corrected chi connectivity index (χ0v) is 14.8. The first-order chi connectivity index (χ1) is 13.1. The number of carbonyl (C=O) groups excluding carboxylic acids is 2. The monoisotopic (exact) mass is 395 g/mol. The molecule has 1 aliphatic rings. The molecular weight excluding hydrogens is 378 g/mol. The van der Waals surface area contributed by atoms with E-state index in [0.717, 1.165) is 17.0 Å². The third-order valence-corrected chi connectivity index (χ3v) is 4.71. The fraction of sp³-hybridized carbons (Fsp3) is 0.263. The van der Waals surface area contributed by atoms with Gasteiger partial charge < -0.3 is 4.90 Å². The van der Waals surface area contributed by atoms with Crippen LogP contribution in [-0.2, 0) is 17.5 Å². The van der Waals surface area contributed by atoms with Gasteiger partial charge in [0, 0.05) is 17.7 Å². The molecule has 0 bridgehead atoms. The molecule has 9 heteroatoms. The number of fused-ring (bicyclic) bond motifs is 1. The van der Waals surface area contributed by atoms with Crippen LogP contribution in [0.2, 0.25) is 0 Å². The summed E-state index contributed by atoms with van der Waals surface area (Å²) in [5.41, 5.74) is 1.46. The largest absolute Gasteiger partial charge is 0.416 e. The van der Waals surface area contributed by atoms with E-state index >= 15 is 0 Å². The molecule has 0 fully saturated rings. The number of halogens is 4. The van der Waals surface area contributed by atoms with E-state index in [1.165, 1.54) is 24.3 Å². The van der Waals surface area contributed by atoms with Gasteiger partial charge >= 0.3 is 6.18 Å². The smallest absolute Gasteiger partial charge is 0.304 e. The van der Waals surface area contributed by atoms with E-state index in [-0.39, 0.29) is 29.8 Å². The van der Waals surface area contributed by atoms with Crippen molar-refractivity contribution >= 4 is 17.5 Å². The van der Waals surface area contributed by atoms with Gasteiger partial charge in [0.15, 0.2) is 0 Å². The van der Waals surface area contributed by atoms with Crippen LogP contribution in [0.1, 0.15) is 46.3 Å². The number of rotatable bonds is 4. The van der Waals surface area contributed by atoms with Crippen LogP contribution in [0.15, 0.2) is 36.4 Å². The van der Waals surface area contributed by atoms with E-state index in [4.69, 9.17) is 5.84 Å². The third-order valence-electron chi connectivity index (χ3n) is 4.71. The van der Waals surface area contributed by atoms with E-state index < -0.39 is 35.3 Å². The third kappa shape index (κ3) is 3.70. The van der Waals surface area contributed by atoms with Crippen molar-refractivity contribution in [2.45, 2.75) is 32.0 Å². The fourth-order valence-electron chi connectivity index (χ4n) is 3.30. The van der Waals surface area contributed by atoms with Crippen molar-refractivity contribution in [1.29, 1.82) is 0 Å². The Labute approximate surface area is 158 Å². The summed E-state index contributed by atoms with van der Waals surface area (Å²) in [6.07, 6.45) is -4.61. The molecule has 1 aliphatic heterocycles. The number of nitrogens with two attached hydrogens (primary N) is 1. The lowest BCUT2D eigenvalue weighted by Crippen LogP contribution is -2.30. The first-order valence-electron chi connectivity index (χ1n) is 8.42. The second kappa shape index (κ2) is 7.23. The quantitative estimate of drug-likeness (QED) is 0.360. The molecule has 0 aromatic heterocycles. The second-order valence-electron chi connectivity index (χ2n) is 6.64. The summed E-state index contributed by atoms with van der Waals surface area (Å²) in [6, 6.07) is 7.20. The summed E-state index contributed by atoms with van der Waals surface area (Å²) in [4.78, 5) is 25.2. The Bertz CT molecular complexity index is 943. The van der Waals surface area contributed by atoms with Crippen LogP contribution in [0.4, 0.5) is 23.2 Å². The molecule has 0 aliphatic carbocycles. The number of hydrogen-bond donors (Lipinski definition) is 2. The summed E-state index contributed by atoms with van der Waals surface area (Å²) in [7, 11) is 0. The average molecular weight is 395 g/mol. The fourth-order valence-corrected chi connectivity index (χ4v) is 3.30. The Hall–Kier alpha value is -2.94. The first-order valence-corrected chi connectivity index (χ1v) is 8.42. The van der Waals surface area contributed by atoms with E-state index in [1.807, 2.05) is 5.43 Å². The van der Waals surface area contributed by atoms with Gasteiger partial charge in [0.25, 0.3) is 5.91 Å². The normalized spacial score (nSPS) is 14.8. The molecule has 0 saturated carbocycles. The molecule has 1 unspecified atom stereocenters. The first kappa shape index (κ1) is 19.8. The van der Waals surface area contributed by atoms with Gasteiger partial charge in [-0.15, -0.1) is 0 Å². The van der Waals surface area contributed by atoms with Gasteiger partial charge in [0.2, 0.25) is 5.91 Å². The van der Waals surface area contributed by atoms with Gasteiger partial charge in [-0.25, -0.2) is 10.2 Å². The molecule has 148 valence electrons. The van der Waals surface area contributed by atoms with Crippen molar-refractivity contribution in [1.82, 2.24) is 5.43 Å². The molecule has 3 rings (SSSR count). The summed E-state index contributed by atoms with van der Waals surface area (Å²) < 4.78 is 53.9. The lowest BCUT2D eigenvalue weighted by atomic mass is 9.96. The van der Waals surface area contributed by atoms with E-state index in [2.05, 4.69) is 0 Å². The van der Waals surface area contributed by atoms with E-state index in [0.29, 0.717) is 5.56 Å². The van der Waals surface area contributed by atoms with Gasteiger partial charge in [0.05, 0.1) is 12.1 Å². The maximum Gasteiger partial charge on any atom is 0.416 e. The van der Waals surface area contributed by atoms with Crippen molar-refractivity contribution in [3.05, 3.63) is 64.5 Å². The molecule has 2 aromatic rings. The van der Waals surface area contributed by atoms with Crippen molar-refractivity contribution < 1.29 is 27.2 Å². The molecule has 5 nitrogen and oxygen atoms in total. The molecule has 2 aromatic carbocycles. The molecule has 28 heavy (non-hydrogen) atoms. The predicted octanol–water partition coefficient (Wildman–Crippen LogP) is 3.49. The number of nitrogens with one attached hydrogen (secondary N) is 1. The topological polar surface area (TPSA) is 75.4 Å². The molecule has 1 atom stereocenters. The second-order valence-corrected chi connectivity index (χ2v) is 6.64. The summed E-state index contributed by atoms with van der Waals surface area (Å²) >= 11 is 0. The number of amides is 2. The number of hydrogen-bond acceptors (Lipinski definition) is 3. The predicted molar refractivity (Wildman–Crippen MR) is 93.7 cm³/mol. The highest BCUT2D eigenvalue weighted by Crippen LogP contribution is 2.39. The van der Waals surface area contributed by atoms with Crippen LogP contribution < -0.4 is 16.2 Å².